The minimum Gasteiger partial charge on any atom is -0.497 e. The van der Waals surface area contributed by atoms with Gasteiger partial charge >= 0.3 is 5.97 Å². The Morgan fingerprint density at radius 1 is 1.40 bits per heavy atom. The predicted molar refractivity (Wildman–Crippen MR) is 95.2 cm³/mol. The van der Waals surface area contributed by atoms with Gasteiger partial charge in [0.25, 0.3) is 5.91 Å². The van der Waals surface area contributed by atoms with E-state index in [0.29, 0.717) is 17.4 Å². The molecular weight excluding hydrogens is 320 g/mol. The van der Waals surface area contributed by atoms with E-state index in [1.807, 2.05) is 25.1 Å². The topological polar surface area (TPSA) is 80.6 Å². The lowest BCUT2D eigenvalue weighted by atomic mass is 10.1. The fourth-order valence-electron chi connectivity index (χ4n) is 3.11. The highest BCUT2D eigenvalue weighted by Crippen LogP contribution is 2.41. The molecule has 25 heavy (non-hydrogen) atoms. The van der Waals surface area contributed by atoms with Gasteiger partial charge in [0, 0.05) is 34.8 Å². The maximum Gasteiger partial charge on any atom is 0.331 e. The number of hydrogen-bond donors (Lipinski definition) is 2. The van der Waals surface area contributed by atoms with Crippen LogP contribution in [0.25, 0.3) is 10.9 Å². The van der Waals surface area contributed by atoms with Crippen LogP contribution >= 0.6 is 0 Å². The van der Waals surface area contributed by atoms with Crippen LogP contribution in [0.1, 0.15) is 41.9 Å². The number of carboxylic acids is 1. The monoisotopic (exact) mass is 342 g/mol. The minimum atomic E-state index is -0.986. The Balaban J connectivity index is 1.96. The third kappa shape index (κ3) is 3.24. The summed E-state index contributed by atoms with van der Waals surface area (Å²) < 4.78 is 7.53. The molecule has 0 unspecified atom stereocenters. The molecule has 1 aliphatic carbocycles. The van der Waals surface area contributed by atoms with Crippen molar-refractivity contribution in [1.29, 1.82) is 0 Å². The average Bonchev–Trinajstić information content (AvgIpc) is 3.36. The summed E-state index contributed by atoms with van der Waals surface area (Å²) in [7, 11) is 1.60. The highest BCUT2D eigenvalue weighted by molar-refractivity contribution is 6.09. The number of methoxy groups -OCH3 is 1. The third-order valence-corrected chi connectivity index (χ3v) is 4.60. The Kier molecular flexibility index (Phi) is 4.53. The Labute approximate surface area is 146 Å². The first-order chi connectivity index (χ1) is 11.9. The number of ether oxygens (including phenoxy) is 1. The van der Waals surface area contributed by atoms with Gasteiger partial charge in [0.15, 0.2) is 0 Å². The van der Waals surface area contributed by atoms with E-state index in [-0.39, 0.29) is 18.0 Å². The maximum absolute atomic E-state index is 12.7. The number of carbonyl (C=O) groups excluding carboxylic acids is 1. The predicted octanol–water partition coefficient (Wildman–Crippen LogP) is 3.05. The van der Waals surface area contributed by atoms with Gasteiger partial charge in [-0.05, 0) is 44.9 Å². The van der Waals surface area contributed by atoms with Gasteiger partial charge in [0.1, 0.15) is 5.75 Å². The highest BCUT2D eigenvalue weighted by Gasteiger charge is 2.30. The molecule has 2 N–H and O–H groups in total. The Hall–Kier alpha value is -2.76. The molecule has 3 rings (SSSR count). The van der Waals surface area contributed by atoms with Gasteiger partial charge in [0.05, 0.1) is 12.7 Å². The van der Waals surface area contributed by atoms with Crippen LogP contribution in [0.5, 0.6) is 5.75 Å². The number of nitrogens with zero attached hydrogens (tertiary/aromatic N) is 1. The van der Waals surface area contributed by atoms with Crippen molar-refractivity contribution in [3.63, 3.8) is 0 Å². The van der Waals surface area contributed by atoms with Crippen molar-refractivity contribution in [2.75, 3.05) is 13.7 Å². The van der Waals surface area contributed by atoms with Gasteiger partial charge < -0.3 is 19.7 Å². The summed E-state index contributed by atoms with van der Waals surface area (Å²) in [6.07, 6.45) is 3.74. The minimum absolute atomic E-state index is 0.177. The van der Waals surface area contributed by atoms with Crippen molar-refractivity contribution >= 4 is 22.8 Å². The molecule has 0 bridgehead atoms. The molecule has 132 valence electrons. The van der Waals surface area contributed by atoms with E-state index in [0.717, 1.165) is 29.4 Å². The molecule has 1 aliphatic rings. The molecule has 2 aromatic rings. The molecule has 6 nitrogen and oxygen atoms in total. The summed E-state index contributed by atoms with van der Waals surface area (Å²) in [6, 6.07) is 6.23. The summed E-state index contributed by atoms with van der Waals surface area (Å²) in [5, 5.41) is 12.5. The van der Waals surface area contributed by atoms with E-state index in [1.54, 1.807) is 7.11 Å². The fourth-order valence-corrected chi connectivity index (χ4v) is 3.11. The van der Waals surface area contributed by atoms with Crippen molar-refractivity contribution < 1.29 is 19.4 Å². The van der Waals surface area contributed by atoms with Crippen LogP contribution in [-0.2, 0) is 4.79 Å². The molecule has 0 spiro atoms. The number of benzene rings is 1. The van der Waals surface area contributed by atoms with Gasteiger partial charge in [-0.3, -0.25) is 4.79 Å². The van der Waals surface area contributed by atoms with E-state index in [2.05, 4.69) is 9.88 Å². The quantitative estimate of drug-likeness (QED) is 0.791. The molecule has 0 aliphatic heterocycles. The molecule has 1 amide bonds. The standard InChI is InChI=1S/C19H22N2O4/c1-11(19(23)24)8-9-20-18(22)17-12(2)21(13-4-5-13)16-7-6-14(25-3)10-15(16)17/h6-8,10,13H,4-5,9H2,1-3H3,(H,20,22)(H,23,24). The zero-order chi connectivity index (χ0) is 18.1. The molecular formula is C19H22N2O4. The lowest BCUT2D eigenvalue weighted by Gasteiger charge is -2.07. The Bertz CT molecular complexity index is 875. The highest BCUT2D eigenvalue weighted by atomic mass is 16.5. The smallest absolute Gasteiger partial charge is 0.331 e. The van der Waals surface area contributed by atoms with E-state index in [1.165, 1.54) is 13.0 Å². The molecule has 1 saturated carbocycles. The number of rotatable bonds is 6. The second-order valence-electron chi connectivity index (χ2n) is 6.35. The number of nitrogens with one attached hydrogen (secondary N) is 1. The number of aromatic nitrogens is 1. The first kappa shape index (κ1) is 17.1. The fraction of sp³-hybridized carbons (Fsp3) is 0.368. The number of aliphatic carboxylic acids is 1. The molecule has 6 heteroatoms. The second kappa shape index (κ2) is 6.63. The first-order valence-electron chi connectivity index (χ1n) is 8.30. The average molecular weight is 342 g/mol. The Morgan fingerprint density at radius 2 is 2.12 bits per heavy atom. The van der Waals surface area contributed by atoms with Crippen molar-refractivity contribution in [3.05, 3.63) is 41.1 Å². The van der Waals surface area contributed by atoms with Gasteiger partial charge in [-0.15, -0.1) is 0 Å². The molecule has 1 aromatic carbocycles. The number of hydrogen-bond acceptors (Lipinski definition) is 3. The zero-order valence-corrected chi connectivity index (χ0v) is 14.6. The molecule has 0 saturated heterocycles. The van der Waals surface area contributed by atoms with Gasteiger partial charge in [0.2, 0.25) is 0 Å². The lowest BCUT2D eigenvalue weighted by Crippen LogP contribution is -2.24. The summed E-state index contributed by atoms with van der Waals surface area (Å²) in [4.78, 5) is 23.6. The van der Waals surface area contributed by atoms with Crippen LogP contribution < -0.4 is 10.1 Å². The number of carbonyl (C=O) groups is 2. The van der Waals surface area contributed by atoms with Gasteiger partial charge in [-0.25, -0.2) is 4.79 Å². The second-order valence-corrected chi connectivity index (χ2v) is 6.35. The number of amides is 1. The molecule has 1 aromatic heterocycles. The van der Waals surface area contributed by atoms with Crippen molar-refractivity contribution in [2.45, 2.75) is 32.7 Å². The Morgan fingerprint density at radius 3 is 2.72 bits per heavy atom. The van der Waals surface area contributed by atoms with E-state index < -0.39 is 5.97 Å². The summed E-state index contributed by atoms with van der Waals surface area (Å²) in [6.45, 7) is 3.64. The van der Waals surface area contributed by atoms with Crippen molar-refractivity contribution in [3.8, 4) is 5.75 Å². The zero-order valence-electron chi connectivity index (χ0n) is 14.6. The number of fused-ring (bicyclic) bond motifs is 1. The van der Waals surface area contributed by atoms with Crippen LogP contribution in [0.4, 0.5) is 0 Å². The van der Waals surface area contributed by atoms with Crippen LogP contribution in [0.15, 0.2) is 29.8 Å². The van der Waals surface area contributed by atoms with Crippen LogP contribution in [0.2, 0.25) is 0 Å². The molecule has 1 heterocycles. The number of carboxylic acid groups (broad SMARTS) is 1. The van der Waals surface area contributed by atoms with Gasteiger partial charge in [-0.2, -0.15) is 0 Å². The normalized spacial score (nSPS) is 14.6. The van der Waals surface area contributed by atoms with Gasteiger partial charge in [-0.1, -0.05) is 6.08 Å². The first-order valence-corrected chi connectivity index (χ1v) is 8.30. The maximum atomic E-state index is 12.7. The lowest BCUT2D eigenvalue weighted by molar-refractivity contribution is -0.132. The van der Waals surface area contributed by atoms with Crippen LogP contribution in [0.3, 0.4) is 0 Å². The van der Waals surface area contributed by atoms with Crippen molar-refractivity contribution in [2.24, 2.45) is 0 Å². The molecule has 1 fully saturated rings. The third-order valence-electron chi connectivity index (χ3n) is 4.60. The van der Waals surface area contributed by atoms with E-state index in [9.17, 15) is 9.59 Å². The van der Waals surface area contributed by atoms with Crippen LogP contribution in [-0.4, -0.2) is 35.2 Å². The largest absolute Gasteiger partial charge is 0.497 e. The molecule has 0 atom stereocenters. The SMILES string of the molecule is COc1ccc2c(c1)c(C(=O)NCC=C(C)C(=O)O)c(C)n2C1CC1. The van der Waals surface area contributed by atoms with Crippen LogP contribution in [0, 0.1) is 6.92 Å². The van der Waals surface area contributed by atoms with Crippen molar-refractivity contribution in [1.82, 2.24) is 9.88 Å². The summed E-state index contributed by atoms with van der Waals surface area (Å²) in [5.74, 6) is -0.485. The molecule has 0 radical (unpaired) electrons. The summed E-state index contributed by atoms with van der Waals surface area (Å²) >= 11 is 0. The van der Waals surface area contributed by atoms with E-state index >= 15 is 0 Å². The van der Waals surface area contributed by atoms with E-state index in [4.69, 9.17) is 9.84 Å². The summed E-state index contributed by atoms with van der Waals surface area (Å²) in [5.41, 5.74) is 2.80.